The molecule has 5 rings (SSSR count). The van der Waals surface area contributed by atoms with E-state index in [2.05, 4.69) is 62.5 Å². The second-order valence-corrected chi connectivity index (χ2v) is 15.2. The van der Waals surface area contributed by atoms with Crippen LogP contribution >= 0.6 is 11.3 Å². The Labute approximate surface area is 369 Å². The Hall–Kier alpha value is -7.80. The third-order valence-electron chi connectivity index (χ3n) is 9.35. The molecule has 0 radical (unpaired) electrons. The maximum atomic E-state index is 13.2. The van der Waals surface area contributed by atoms with E-state index in [1.807, 2.05) is 0 Å². The van der Waals surface area contributed by atoms with Crippen molar-refractivity contribution in [2.24, 2.45) is 16.7 Å². The fraction of sp³-hybridized carbons (Fsp3) is 0.333. The number of rotatable bonds is 23. The van der Waals surface area contributed by atoms with Crippen LogP contribution in [0.5, 0.6) is 0 Å². The zero-order valence-corrected chi connectivity index (χ0v) is 35.5. The van der Waals surface area contributed by atoms with E-state index in [4.69, 9.17) is 23.0 Å². The first-order valence-corrected chi connectivity index (χ1v) is 20.8. The molecule has 1 atom stereocenters. The molecule has 7 amide bonds. The highest BCUT2D eigenvalue weighted by molar-refractivity contribution is 7.17. The third kappa shape index (κ3) is 13.6. The standard InChI is InChI=1S/C39H49N17O7S/c1-21(49-28(58)20-46-27(57)7-3-2-6-16-56-30(59)12-13-31(56)60)36(61)51-22-8-9-24(25(17-22)33(40)54-55-43)37(62)44-14-4-5-15-45-38(63)26-10-11-29(64-26)47-18-23-19-48-35-32(50-23)34(41)52-39(42)53-35/h8-13,17,19,21,47,55H,2-7,14-16,18,20,43H2,1H3,(H2,40,54)(H,44,62)(H,45,63)(H,46,57)(H,49,58)(H,51,61)(H4,41,42,48,52,53). The van der Waals surface area contributed by atoms with Crippen LogP contribution in [-0.2, 0) is 30.5 Å². The second-order valence-electron chi connectivity index (χ2n) is 14.2. The van der Waals surface area contributed by atoms with Gasteiger partial charge in [-0.15, -0.1) is 16.4 Å². The summed E-state index contributed by atoms with van der Waals surface area (Å²) in [5, 5.41) is 21.1. The van der Waals surface area contributed by atoms with Crippen molar-refractivity contribution in [1.29, 1.82) is 0 Å². The summed E-state index contributed by atoms with van der Waals surface area (Å²) in [6.45, 7) is 2.32. The number of nitrogens with two attached hydrogens (primary N) is 4. The molecule has 1 unspecified atom stereocenters. The minimum atomic E-state index is -1.01. The van der Waals surface area contributed by atoms with Crippen molar-refractivity contribution in [3.63, 3.8) is 0 Å². The van der Waals surface area contributed by atoms with Crippen LogP contribution in [0.3, 0.4) is 0 Å². The normalized spacial score (nSPS) is 12.8. The predicted octanol–water partition coefficient (Wildman–Crippen LogP) is -0.674. The van der Waals surface area contributed by atoms with Crippen LogP contribution in [-0.4, -0.2) is 104 Å². The number of nitrogen functional groups attached to an aromatic ring is 2. The molecule has 24 nitrogen and oxygen atoms in total. The van der Waals surface area contributed by atoms with Gasteiger partial charge in [-0.3, -0.25) is 38.5 Å². The second kappa shape index (κ2) is 22.9. The maximum Gasteiger partial charge on any atom is 0.261 e. The van der Waals surface area contributed by atoms with E-state index >= 15 is 0 Å². The number of anilines is 4. The third-order valence-corrected chi connectivity index (χ3v) is 10.4. The van der Waals surface area contributed by atoms with Gasteiger partial charge in [-0.05, 0) is 62.9 Å². The van der Waals surface area contributed by atoms with Crippen LogP contribution in [0.4, 0.5) is 22.5 Å². The number of imide groups is 1. The highest BCUT2D eigenvalue weighted by atomic mass is 32.1. The molecule has 0 fully saturated rings. The fourth-order valence-corrected chi connectivity index (χ4v) is 6.88. The average Bonchev–Trinajstić information content (AvgIpc) is 3.88. The summed E-state index contributed by atoms with van der Waals surface area (Å²) < 4.78 is 0. The summed E-state index contributed by atoms with van der Waals surface area (Å²) in [6.07, 6.45) is 6.86. The summed E-state index contributed by atoms with van der Waals surface area (Å²) in [5.74, 6) is 2.34. The van der Waals surface area contributed by atoms with Crippen molar-refractivity contribution in [3.05, 3.63) is 70.4 Å². The average molecular weight is 900 g/mol. The molecule has 1 aromatic carbocycles. The molecule has 25 heteroatoms. The van der Waals surface area contributed by atoms with Gasteiger partial charge in [0, 0.05) is 49.5 Å². The van der Waals surface area contributed by atoms with Gasteiger partial charge in [-0.25, -0.2) is 21.3 Å². The Morgan fingerprint density at radius 3 is 2.31 bits per heavy atom. The molecule has 1 aliphatic rings. The van der Waals surface area contributed by atoms with E-state index in [0.29, 0.717) is 66.9 Å². The van der Waals surface area contributed by atoms with Crippen LogP contribution in [0.25, 0.3) is 11.2 Å². The number of hydrogen-bond donors (Lipinski definition) is 11. The Morgan fingerprint density at radius 1 is 0.844 bits per heavy atom. The number of aromatic nitrogens is 4. The van der Waals surface area contributed by atoms with Gasteiger partial charge in [0.1, 0.15) is 6.04 Å². The number of nitrogens with one attached hydrogen (secondary N) is 7. The predicted molar refractivity (Wildman–Crippen MR) is 238 cm³/mol. The van der Waals surface area contributed by atoms with Gasteiger partial charge >= 0.3 is 0 Å². The topological polar surface area (TPSA) is 375 Å². The molecule has 64 heavy (non-hydrogen) atoms. The highest BCUT2D eigenvalue weighted by Crippen LogP contribution is 2.23. The molecule has 0 saturated carbocycles. The summed E-state index contributed by atoms with van der Waals surface area (Å²) in [7, 11) is 0. The number of carbonyl (C=O) groups excluding carboxylic acids is 7. The number of benzene rings is 1. The Balaban J connectivity index is 0.993. The Bertz CT molecular complexity index is 2440. The molecule has 3 aromatic heterocycles. The lowest BCUT2D eigenvalue weighted by molar-refractivity contribution is -0.137. The lowest BCUT2D eigenvalue weighted by Gasteiger charge is -2.16. The molecular weight excluding hydrogens is 851 g/mol. The smallest absolute Gasteiger partial charge is 0.261 e. The molecule has 0 spiro atoms. The van der Waals surface area contributed by atoms with Gasteiger partial charge in [-0.1, -0.05) is 6.42 Å². The minimum Gasteiger partial charge on any atom is -0.382 e. The molecule has 0 bridgehead atoms. The number of amides is 7. The summed E-state index contributed by atoms with van der Waals surface area (Å²) in [5.41, 5.74) is 21.5. The van der Waals surface area contributed by atoms with Crippen molar-refractivity contribution in [2.45, 2.75) is 58.0 Å². The SMILES string of the molecule is CC(NC(=O)CNC(=O)CCCCCN1C(=O)C=CC1=O)C(=O)Nc1ccc(C(=O)NCCCCNC(=O)c2ccc(NCc3cnc4nc(N)nc(N)c4n3)s2)c(/C(N)=N/NN)c1. The van der Waals surface area contributed by atoms with Gasteiger partial charge in [0.25, 0.3) is 23.6 Å². The molecule has 4 aromatic rings. The van der Waals surface area contributed by atoms with E-state index in [1.165, 1.54) is 48.6 Å². The number of carbonyl (C=O) groups is 7. The lowest BCUT2D eigenvalue weighted by atomic mass is 10.0. The summed E-state index contributed by atoms with van der Waals surface area (Å²) in [4.78, 5) is 105. The number of unbranched alkanes of at least 4 members (excludes halogenated alkanes) is 3. The molecule has 0 aliphatic carbocycles. The largest absolute Gasteiger partial charge is 0.382 e. The van der Waals surface area contributed by atoms with E-state index in [9.17, 15) is 33.6 Å². The number of thiophene rings is 1. The van der Waals surface area contributed by atoms with Crippen LogP contribution < -0.4 is 60.5 Å². The lowest BCUT2D eigenvalue weighted by Crippen LogP contribution is -2.45. The number of hydrogen-bond acceptors (Lipinski definition) is 18. The van der Waals surface area contributed by atoms with Gasteiger partial charge in [0.15, 0.2) is 22.8 Å². The van der Waals surface area contributed by atoms with Gasteiger partial charge in [0.2, 0.25) is 23.7 Å². The van der Waals surface area contributed by atoms with Crippen LogP contribution in [0, 0.1) is 0 Å². The van der Waals surface area contributed by atoms with Gasteiger partial charge in [-0.2, -0.15) is 9.97 Å². The van der Waals surface area contributed by atoms with Gasteiger partial charge < -0.3 is 49.1 Å². The zero-order chi connectivity index (χ0) is 46.2. The molecule has 1 aliphatic heterocycles. The van der Waals surface area contributed by atoms with Crippen molar-refractivity contribution < 1.29 is 33.6 Å². The van der Waals surface area contributed by atoms with E-state index in [0.717, 1.165) is 9.90 Å². The number of nitrogens with zero attached hydrogens (tertiary/aromatic N) is 6. The van der Waals surface area contributed by atoms with Crippen molar-refractivity contribution in [2.75, 3.05) is 48.3 Å². The first-order valence-electron chi connectivity index (χ1n) is 20.0. The highest BCUT2D eigenvalue weighted by Gasteiger charge is 2.23. The quantitative estimate of drug-likeness (QED) is 0.0110. The fourth-order valence-electron chi connectivity index (χ4n) is 6.06. The minimum absolute atomic E-state index is 0.00995. The van der Waals surface area contributed by atoms with Crippen LogP contribution in [0.1, 0.15) is 76.7 Å². The first kappa shape index (κ1) is 47.3. The van der Waals surface area contributed by atoms with Gasteiger partial charge in [0.05, 0.1) is 40.4 Å². The Kier molecular flexibility index (Phi) is 16.9. The van der Waals surface area contributed by atoms with E-state index in [1.54, 1.807) is 18.3 Å². The molecule has 0 saturated heterocycles. The first-order chi connectivity index (χ1) is 30.7. The van der Waals surface area contributed by atoms with Crippen molar-refractivity contribution >= 4 is 92.1 Å². The van der Waals surface area contributed by atoms with Crippen molar-refractivity contribution in [3.8, 4) is 0 Å². The van der Waals surface area contributed by atoms with E-state index < -0.39 is 23.8 Å². The maximum absolute atomic E-state index is 13.2. The monoisotopic (exact) mass is 899 g/mol. The van der Waals surface area contributed by atoms with Crippen molar-refractivity contribution in [1.82, 2.24) is 51.6 Å². The van der Waals surface area contributed by atoms with Crippen LogP contribution in [0.15, 0.2) is 53.8 Å². The molecule has 15 N–H and O–H groups in total. The number of amidine groups is 1. The number of fused-ring (bicyclic) bond motifs is 1. The molecule has 4 heterocycles. The Morgan fingerprint density at radius 2 is 1.58 bits per heavy atom. The number of hydrazone groups is 1. The summed E-state index contributed by atoms with van der Waals surface area (Å²) in [6, 6.07) is 6.83. The van der Waals surface area contributed by atoms with E-state index in [-0.39, 0.29) is 84.1 Å². The zero-order valence-electron chi connectivity index (χ0n) is 34.7. The number of hydrazine groups is 1. The van der Waals surface area contributed by atoms with Crippen LogP contribution in [0.2, 0.25) is 0 Å². The summed E-state index contributed by atoms with van der Waals surface area (Å²) >= 11 is 1.27. The molecular formula is C39H49N17O7S. The molecule has 338 valence electrons.